The molecule has 0 spiro atoms. The molecule has 3 aromatic rings. The molecule has 0 aliphatic heterocycles. The number of benzene rings is 3. The fourth-order valence-corrected chi connectivity index (χ4v) is 2.78. The van der Waals surface area contributed by atoms with Crippen LogP contribution in [0.3, 0.4) is 0 Å². The topological polar surface area (TPSA) is 69.6 Å². The molecule has 0 heterocycles. The normalized spacial score (nSPS) is 13.5. The molecule has 24 heavy (non-hydrogen) atoms. The first-order valence-corrected chi connectivity index (χ1v) is 8.13. The van der Waals surface area contributed by atoms with Gasteiger partial charge in [-0.25, -0.2) is 0 Å². The fourth-order valence-electron chi connectivity index (χ4n) is 2.35. The van der Waals surface area contributed by atoms with E-state index in [0.717, 1.165) is 16.2 Å². The quantitative estimate of drug-likeness (QED) is 0.404. The molecule has 3 rings (SSSR count). The van der Waals surface area contributed by atoms with E-state index < -0.39 is 21.4 Å². The number of fused-ring (bicyclic) bond motifs is 3. The van der Waals surface area contributed by atoms with E-state index in [4.69, 9.17) is 0 Å². The Morgan fingerprint density at radius 1 is 0.917 bits per heavy atom. The summed E-state index contributed by atoms with van der Waals surface area (Å²) in [5.41, 5.74) is -5.83. The van der Waals surface area contributed by atoms with E-state index in [0.29, 0.717) is 5.39 Å². The van der Waals surface area contributed by atoms with E-state index in [-0.39, 0.29) is 5.56 Å². The highest BCUT2D eigenvalue weighted by Crippen LogP contribution is 2.27. The van der Waals surface area contributed by atoms with Gasteiger partial charge in [-0.1, -0.05) is 48.5 Å². The molecule has 0 amide bonds. The van der Waals surface area contributed by atoms with Crippen molar-refractivity contribution in [1.82, 2.24) is 0 Å². The first kappa shape index (κ1) is 16.3. The average Bonchev–Trinajstić information content (AvgIpc) is 2.52. The van der Waals surface area contributed by atoms with Gasteiger partial charge in [0.25, 0.3) is 0 Å². The summed E-state index contributed by atoms with van der Waals surface area (Å²) in [5.74, 6) is -1.46. The molecule has 0 N–H and O–H groups in total. The van der Waals surface area contributed by atoms with Gasteiger partial charge in [0.2, 0.25) is 0 Å². The number of nitrogens with zero attached hydrogens (tertiary/aromatic N) is 1. The minimum atomic E-state index is -5.87. The second kappa shape index (κ2) is 5.48. The van der Waals surface area contributed by atoms with Gasteiger partial charge in [0.1, 0.15) is 0 Å². The van der Waals surface area contributed by atoms with Crippen LogP contribution in [0.4, 0.5) is 13.2 Å². The first-order valence-electron chi connectivity index (χ1n) is 6.69. The van der Waals surface area contributed by atoms with Gasteiger partial charge in [-0.05, 0) is 33.2 Å². The van der Waals surface area contributed by atoms with E-state index in [1.54, 1.807) is 18.2 Å². The van der Waals surface area contributed by atoms with Crippen molar-refractivity contribution in [2.45, 2.75) is 5.51 Å². The van der Waals surface area contributed by atoms with Crippen molar-refractivity contribution in [1.29, 1.82) is 0 Å². The van der Waals surface area contributed by atoms with Gasteiger partial charge < -0.3 is 5.11 Å². The molecule has 0 saturated carbocycles. The van der Waals surface area contributed by atoms with Crippen molar-refractivity contribution < 1.29 is 26.7 Å². The van der Waals surface area contributed by atoms with Gasteiger partial charge >= 0.3 is 15.5 Å². The molecule has 8 heteroatoms. The Morgan fingerprint density at radius 3 is 2.17 bits per heavy atom. The van der Waals surface area contributed by atoms with Crippen molar-refractivity contribution in [2.24, 2.45) is 4.40 Å². The summed E-state index contributed by atoms with van der Waals surface area (Å²) >= 11 is 0. The number of alkyl halides is 3. The lowest BCUT2D eigenvalue weighted by Gasteiger charge is -2.13. The fraction of sp³-hybridized carbons (Fsp3) is 0.0625. The van der Waals surface area contributed by atoms with Crippen molar-refractivity contribution in [3.05, 3.63) is 60.2 Å². The molecule has 0 fully saturated rings. The molecule has 124 valence electrons. The number of sulfonamides is 1. The number of rotatable bonds is 2. The van der Waals surface area contributed by atoms with Crippen molar-refractivity contribution >= 4 is 37.5 Å². The SMILES string of the molecule is O=S(=O)(/N=C(\[O-])c1ccc2ccc3ccccc3c2c1)C(F)(F)F. The number of hydrogen-bond donors (Lipinski definition) is 0. The molecule has 0 atom stereocenters. The zero-order chi connectivity index (χ0) is 17.5. The predicted octanol–water partition coefficient (Wildman–Crippen LogP) is 2.95. The number of hydrogen-bond acceptors (Lipinski definition) is 3. The van der Waals surface area contributed by atoms with Crippen LogP contribution in [-0.2, 0) is 10.0 Å². The molecule has 0 radical (unpaired) electrons. The van der Waals surface area contributed by atoms with Crippen LogP contribution in [0.5, 0.6) is 0 Å². The second-order valence-corrected chi connectivity index (χ2v) is 6.64. The Bertz CT molecular complexity index is 1070. The van der Waals surface area contributed by atoms with Crippen LogP contribution >= 0.6 is 0 Å². The maximum absolute atomic E-state index is 12.3. The standard InChI is InChI=1S/C16H10F3NO3S/c17-16(18,19)24(22,23)20-15(21)12-8-7-11-6-5-10-3-1-2-4-13(10)14(11)9-12/h1-9H,(H,20,21)/p-1. The van der Waals surface area contributed by atoms with Gasteiger partial charge in [-0.2, -0.15) is 26.0 Å². The molecule has 0 bridgehead atoms. The van der Waals surface area contributed by atoms with Gasteiger partial charge in [-0.15, -0.1) is 0 Å². The van der Waals surface area contributed by atoms with Crippen LogP contribution < -0.4 is 5.11 Å². The highest BCUT2D eigenvalue weighted by Gasteiger charge is 2.45. The smallest absolute Gasteiger partial charge is 0.518 e. The second-order valence-electron chi connectivity index (χ2n) is 5.04. The molecule has 0 saturated heterocycles. The summed E-state index contributed by atoms with van der Waals surface area (Å²) < 4.78 is 61.4. The third-order valence-corrected chi connectivity index (χ3v) is 4.48. The summed E-state index contributed by atoms with van der Waals surface area (Å²) in [6.45, 7) is 0. The van der Waals surface area contributed by atoms with Crippen molar-refractivity contribution in [3.63, 3.8) is 0 Å². The molecule has 0 aliphatic carbocycles. The lowest BCUT2D eigenvalue weighted by molar-refractivity contribution is -0.212. The maximum Gasteiger partial charge on any atom is 0.518 e. The van der Waals surface area contributed by atoms with Crippen molar-refractivity contribution in [2.75, 3.05) is 0 Å². The third kappa shape index (κ3) is 2.80. The summed E-state index contributed by atoms with van der Waals surface area (Å²) in [5, 5.41) is 14.9. The molecule has 0 aromatic heterocycles. The minimum absolute atomic E-state index is 0.230. The first-order chi connectivity index (χ1) is 11.2. The Kier molecular flexibility index (Phi) is 3.71. The highest BCUT2D eigenvalue weighted by molar-refractivity contribution is 7.91. The summed E-state index contributed by atoms with van der Waals surface area (Å²) in [6.07, 6.45) is 0. The third-order valence-electron chi connectivity index (χ3n) is 3.49. The van der Waals surface area contributed by atoms with E-state index in [1.807, 2.05) is 18.2 Å². The Balaban J connectivity index is 2.19. The lowest BCUT2D eigenvalue weighted by Crippen LogP contribution is -2.27. The summed E-state index contributed by atoms with van der Waals surface area (Å²) in [7, 11) is -5.87. The molecule has 4 nitrogen and oxygen atoms in total. The Hall–Kier alpha value is -2.61. The summed E-state index contributed by atoms with van der Waals surface area (Å²) in [6, 6.07) is 15.1. The van der Waals surface area contributed by atoms with Crippen LogP contribution in [0.15, 0.2) is 59.0 Å². The monoisotopic (exact) mass is 352 g/mol. The van der Waals surface area contributed by atoms with Gasteiger partial charge in [-0.3, -0.25) is 0 Å². The van der Waals surface area contributed by atoms with Crippen LogP contribution in [0.25, 0.3) is 21.5 Å². The zero-order valence-electron chi connectivity index (χ0n) is 11.9. The minimum Gasteiger partial charge on any atom is -0.858 e. The van der Waals surface area contributed by atoms with Gasteiger partial charge in [0.05, 0.1) is 0 Å². The van der Waals surface area contributed by atoms with Gasteiger partial charge in [0, 0.05) is 5.90 Å². The van der Waals surface area contributed by atoms with E-state index in [9.17, 15) is 26.7 Å². The predicted molar refractivity (Wildman–Crippen MR) is 83.0 cm³/mol. The zero-order valence-corrected chi connectivity index (χ0v) is 12.7. The highest BCUT2D eigenvalue weighted by atomic mass is 32.2. The van der Waals surface area contributed by atoms with Crippen LogP contribution in [0.2, 0.25) is 0 Å². The number of halogens is 3. The maximum atomic E-state index is 12.3. The van der Waals surface area contributed by atoms with E-state index >= 15 is 0 Å². The van der Waals surface area contributed by atoms with E-state index in [1.165, 1.54) is 18.2 Å². The summed E-state index contributed by atoms with van der Waals surface area (Å²) in [4.78, 5) is 0. The Morgan fingerprint density at radius 2 is 1.50 bits per heavy atom. The van der Waals surface area contributed by atoms with Crippen LogP contribution in [0.1, 0.15) is 5.56 Å². The Labute approximate surface area is 134 Å². The van der Waals surface area contributed by atoms with Crippen LogP contribution in [0, 0.1) is 0 Å². The largest absolute Gasteiger partial charge is 0.858 e. The lowest BCUT2D eigenvalue weighted by atomic mass is 10.00. The molecule has 3 aromatic carbocycles. The molecule has 0 aliphatic rings. The molecular weight excluding hydrogens is 343 g/mol. The molecule has 0 unspecified atom stereocenters. The van der Waals surface area contributed by atoms with Crippen LogP contribution in [-0.4, -0.2) is 19.8 Å². The molecular formula is C16H9F3NO3S-. The van der Waals surface area contributed by atoms with E-state index in [2.05, 4.69) is 4.40 Å². The van der Waals surface area contributed by atoms with Gasteiger partial charge in [0.15, 0.2) is 0 Å². The van der Waals surface area contributed by atoms with Crippen molar-refractivity contribution in [3.8, 4) is 0 Å². The average molecular weight is 352 g/mol.